The van der Waals surface area contributed by atoms with Crippen LogP contribution in [0.2, 0.25) is 0 Å². The molecule has 0 saturated heterocycles. The maximum Gasteiger partial charge on any atom is 0.134 e. The molecule has 0 fully saturated rings. The molecule has 0 N–H and O–H groups in total. The highest BCUT2D eigenvalue weighted by atomic mass is 16.3. The van der Waals surface area contributed by atoms with Gasteiger partial charge >= 0.3 is 0 Å². The van der Waals surface area contributed by atoms with Gasteiger partial charge in [0.1, 0.15) is 17.2 Å². The molecular weight excluding hydrogens is 224 g/mol. The molecule has 0 bridgehead atoms. The van der Waals surface area contributed by atoms with Gasteiger partial charge < -0.3 is 9.32 Å². The Balaban J connectivity index is 1.85. The van der Waals surface area contributed by atoms with Gasteiger partial charge in [-0.25, -0.2) is 0 Å². The predicted octanol–water partition coefficient (Wildman–Crippen LogP) is 3.18. The summed E-state index contributed by atoms with van der Waals surface area (Å²) in [6.07, 6.45) is 5.15. The maximum absolute atomic E-state index is 5.73. The monoisotopic (exact) mass is 240 g/mol. The largest absolute Gasteiger partial charge is 0.457 e. The SMILES string of the molecule is CN1CCCN=C1/C=C/c1cc2ccccc2o1. The molecule has 1 aromatic carbocycles. The Labute approximate surface area is 106 Å². The fourth-order valence-electron chi connectivity index (χ4n) is 2.16. The first-order valence-corrected chi connectivity index (χ1v) is 6.25. The summed E-state index contributed by atoms with van der Waals surface area (Å²) in [5.74, 6) is 1.90. The summed E-state index contributed by atoms with van der Waals surface area (Å²) in [5.41, 5.74) is 0.927. The number of amidine groups is 1. The number of benzene rings is 1. The topological polar surface area (TPSA) is 28.7 Å². The van der Waals surface area contributed by atoms with Gasteiger partial charge in [-0.05, 0) is 30.7 Å². The van der Waals surface area contributed by atoms with Crippen LogP contribution in [0.4, 0.5) is 0 Å². The molecule has 18 heavy (non-hydrogen) atoms. The third-order valence-corrected chi connectivity index (χ3v) is 3.16. The fraction of sp³-hybridized carbons (Fsp3) is 0.267. The molecule has 0 aliphatic carbocycles. The van der Waals surface area contributed by atoms with Crippen molar-refractivity contribution in [2.45, 2.75) is 6.42 Å². The van der Waals surface area contributed by atoms with Gasteiger partial charge in [0.15, 0.2) is 0 Å². The molecule has 2 heterocycles. The van der Waals surface area contributed by atoms with Crippen molar-refractivity contribution in [1.29, 1.82) is 0 Å². The minimum absolute atomic E-state index is 0.873. The molecule has 0 amide bonds. The molecule has 1 aromatic heterocycles. The number of para-hydroxylation sites is 1. The maximum atomic E-state index is 5.73. The summed E-state index contributed by atoms with van der Waals surface area (Å²) in [4.78, 5) is 6.66. The average Bonchev–Trinajstić information content (AvgIpc) is 2.80. The van der Waals surface area contributed by atoms with Gasteiger partial charge in [-0.15, -0.1) is 0 Å². The lowest BCUT2D eigenvalue weighted by atomic mass is 10.2. The van der Waals surface area contributed by atoms with E-state index in [4.69, 9.17) is 4.42 Å². The highest BCUT2D eigenvalue weighted by molar-refractivity contribution is 5.96. The smallest absolute Gasteiger partial charge is 0.134 e. The van der Waals surface area contributed by atoms with Gasteiger partial charge in [-0.3, -0.25) is 4.99 Å². The number of likely N-dealkylation sites (N-methyl/N-ethyl adjacent to an activating group) is 1. The van der Waals surface area contributed by atoms with E-state index in [2.05, 4.69) is 29.1 Å². The van der Waals surface area contributed by atoms with E-state index >= 15 is 0 Å². The van der Waals surface area contributed by atoms with Crippen molar-refractivity contribution in [3.05, 3.63) is 42.2 Å². The van der Waals surface area contributed by atoms with Crippen LogP contribution in [0.1, 0.15) is 12.2 Å². The summed E-state index contributed by atoms with van der Waals surface area (Å²) in [6, 6.07) is 10.1. The van der Waals surface area contributed by atoms with Crippen molar-refractivity contribution < 1.29 is 4.42 Å². The zero-order valence-electron chi connectivity index (χ0n) is 10.5. The molecule has 1 aliphatic heterocycles. The molecule has 3 nitrogen and oxygen atoms in total. The second-order valence-electron chi connectivity index (χ2n) is 4.53. The third kappa shape index (κ3) is 2.16. The Kier molecular flexibility index (Phi) is 2.89. The lowest BCUT2D eigenvalue weighted by Gasteiger charge is -2.22. The second-order valence-corrected chi connectivity index (χ2v) is 4.53. The van der Waals surface area contributed by atoms with E-state index in [-0.39, 0.29) is 0 Å². The number of fused-ring (bicyclic) bond motifs is 1. The highest BCUT2D eigenvalue weighted by Gasteiger charge is 2.07. The van der Waals surface area contributed by atoms with Crippen LogP contribution in [-0.4, -0.2) is 30.9 Å². The standard InChI is InChI=1S/C15H16N2O/c1-17-10-4-9-16-15(17)8-7-13-11-12-5-2-3-6-14(12)18-13/h2-3,5-8,11H,4,9-10H2,1H3/b8-7+. The summed E-state index contributed by atoms with van der Waals surface area (Å²) >= 11 is 0. The van der Waals surface area contributed by atoms with Gasteiger partial charge in [-0.2, -0.15) is 0 Å². The van der Waals surface area contributed by atoms with Crippen molar-refractivity contribution in [2.75, 3.05) is 20.1 Å². The number of hydrogen-bond acceptors (Lipinski definition) is 3. The van der Waals surface area contributed by atoms with Gasteiger partial charge in [-0.1, -0.05) is 18.2 Å². The van der Waals surface area contributed by atoms with Crippen LogP contribution >= 0.6 is 0 Å². The van der Waals surface area contributed by atoms with Crippen molar-refractivity contribution in [3.63, 3.8) is 0 Å². The first kappa shape index (κ1) is 11.1. The summed E-state index contributed by atoms with van der Waals surface area (Å²) < 4.78 is 5.73. The normalized spacial score (nSPS) is 16.5. The molecule has 92 valence electrons. The highest BCUT2D eigenvalue weighted by Crippen LogP contribution is 2.19. The van der Waals surface area contributed by atoms with E-state index in [1.165, 1.54) is 0 Å². The van der Waals surface area contributed by atoms with E-state index in [0.29, 0.717) is 0 Å². The quantitative estimate of drug-likeness (QED) is 0.806. The molecule has 1 aliphatic rings. The lowest BCUT2D eigenvalue weighted by molar-refractivity contribution is 0.470. The average molecular weight is 240 g/mol. The van der Waals surface area contributed by atoms with Crippen molar-refractivity contribution in [1.82, 2.24) is 4.90 Å². The molecule has 0 unspecified atom stereocenters. The Morgan fingerprint density at radius 3 is 3.00 bits per heavy atom. The lowest BCUT2D eigenvalue weighted by Crippen LogP contribution is -2.30. The molecule has 2 aromatic rings. The van der Waals surface area contributed by atoms with Crippen LogP contribution in [0.3, 0.4) is 0 Å². The Bertz CT molecular complexity index is 577. The van der Waals surface area contributed by atoms with E-state index < -0.39 is 0 Å². The second kappa shape index (κ2) is 4.69. The molecular formula is C15H16N2O. The van der Waals surface area contributed by atoms with Crippen LogP contribution in [0, 0.1) is 0 Å². The molecule has 3 rings (SSSR count). The summed E-state index contributed by atoms with van der Waals surface area (Å²) in [5, 5.41) is 1.14. The number of nitrogens with zero attached hydrogens (tertiary/aromatic N) is 2. The van der Waals surface area contributed by atoms with Crippen molar-refractivity contribution in [2.24, 2.45) is 4.99 Å². The van der Waals surface area contributed by atoms with Crippen LogP contribution in [0.5, 0.6) is 0 Å². The zero-order valence-corrected chi connectivity index (χ0v) is 10.5. The fourth-order valence-corrected chi connectivity index (χ4v) is 2.16. The summed E-state index contributed by atoms with van der Waals surface area (Å²) in [7, 11) is 2.07. The Hall–Kier alpha value is -2.03. The minimum atomic E-state index is 0.873. The first-order valence-electron chi connectivity index (χ1n) is 6.25. The van der Waals surface area contributed by atoms with E-state index in [9.17, 15) is 0 Å². The molecule has 0 saturated carbocycles. The number of aliphatic imine (C=N–C) groups is 1. The molecule has 3 heteroatoms. The molecule has 0 spiro atoms. The molecule has 0 atom stereocenters. The van der Waals surface area contributed by atoms with Crippen molar-refractivity contribution in [3.8, 4) is 0 Å². The van der Waals surface area contributed by atoms with Crippen molar-refractivity contribution >= 4 is 22.9 Å². The van der Waals surface area contributed by atoms with Crippen LogP contribution in [0.25, 0.3) is 17.0 Å². The van der Waals surface area contributed by atoms with Gasteiger partial charge in [0.05, 0.1) is 0 Å². The van der Waals surface area contributed by atoms with Gasteiger partial charge in [0, 0.05) is 25.5 Å². The predicted molar refractivity (Wildman–Crippen MR) is 74.8 cm³/mol. The zero-order chi connectivity index (χ0) is 12.4. The number of hydrogen-bond donors (Lipinski definition) is 0. The summed E-state index contributed by atoms with van der Waals surface area (Å²) in [6.45, 7) is 1.99. The first-order chi connectivity index (χ1) is 8.83. The van der Waals surface area contributed by atoms with Crippen LogP contribution < -0.4 is 0 Å². The Morgan fingerprint density at radius 1 is 1.28 bits per heavy atom. The third-order valence-electron chi connectivity index (χ3n) is 3.16. The minimum Gasteiger partial charge on any atom is -0.457 e. The van der Waals surface area contributed by atoms with E-state index in [1.54, 1.807) is 0 Å². The number of rotatable bonds is 2. The van der Waals surface area contributed by atoms with E-state index in [0.717, 1.165) is 42.1 Å². The van der Waals surface area contributed by atoms with Gasteiger partial charge in [0.25, 0.3) is 0 Å². The molecule has 0 radical (unpaired) electrons. The Morgan fingerprint density at radius 2 is 2.17 bits per heavy atom. The number of furan rings is 1. The van der Waals surface area contributed by atoms with Crippen LogP contribution in [-0.2, 0) is 0 Å². The van der Waals surface area contributed by atoms with Crippen LogP contribution in [0.15, 0.2) is 45.8 Å². The van der Waals surface area contributed by atoms with Gasteiger partial charge in [0.2, 0.25) is 0 Å². The van der Waals surface area contributed by atoms with E-state index in [1.807, 2.05) is 30.4 Å².